The Bertz CT molecular complexity index is 725. The van der Waals surface area contributed by atoms with Crippen molar-refractivity contribution < 1.29 is 22.7 Å². The minimum Gasteiger partial charge on any atom is -0.492 e. The SMILES string of the molecule is CCOc1ccc(C)cc1S(=O)(=O)NCCC(O)c1ccoc1. The van der Waals surface area contributed by atoms with Gasteiger partial charge in [0.25, 0.3) is 0 Å². The maximum atomic E-state index is 12.5. The lowest BCUT2D eigenvalue weighted by Crippen LogP contribution is -2.26. The van der Waals surface area contributed by atoms with Crippen LogP contribution in [0.15, 0.2) is 46.1 Å². The van der Waals surface area contributed by atoms with Crippen molar-refractivity contribution >= 4 is 10.0 Å². The predicted molar refractivity (Wildman–Crippen MR) is 85.8 cm³/mol. The maximum Gasteiger partial charge on any atom is 0.244 e. The highest BCUT2D eigenvalue weighted by atomic mass is 32.2. The molecule has 0 amide bonds. The van der Waals surface area contributed by atoms with E-state index in [4.69, 9.17) is 9.15 Å². The van der Waals surface area contributed by atoms with Gasteiger partial charge in [-0.3, -0.25) is 0 Å². The second-order valence-electron chi connectivity index (χ2n) is 5.14. The van der Waals surface area contributed by atoms with Crippen molar-refractivity contribution in [2.75, 3.05) is 13.2 Å². The Hall–Kier alpha value is -1.83. The summed E-state index contributed by atoms with van der Waals surface area (Å²) in [5.41, 5.74) is 1.45. The van der Waals surface area contributed by atoms with Crippen molar-refractivity contribution in [1.82, 2.24) is 4.72 Å². The molecule has 0 spiro atoms. The number of furan rings is 1. The number of aryl methyl sites for hydroxylation is 1. The molecule has 0 saturated heterocycles. The van der Waals surface area contributed by atoms with Gasteiger partial charge in [-0.1, -0.05) is 6.07 Å². The van der Waals surface area contributed by atoms with Crippen LogP contribution >= 0.6 is 0 Å². The molecular weight excluding hydrogens is 318 g/mol. The number of hydrogen-bond donors (Lipinski definition) is 2. The van der Waals surface area contributed by atoms with Gasteiger partial charge in [-0.2, -0.15) is 0 Å². The lowest BCUT2D eigenvalue weighted by molar-refractivity contribution is 0.168. The van der Waals surface area contributed by atoms with E-state index in [-0.39, 0.29) is 17.9 Å². The number of aliphatic hydroxyl groups is 1. The Labute approximate surface area is 136 Å². The fourth-order valence-electron chi connectivity index (χ4n) is 2.14. The summed E-state index contributed by atoms with van der Waals surface area (Å²) in [6, 6.07) is 6.66. The summed E-state index contributed by atoms with van der Waals surface area (Å²) in [4.78, 5) is 0.108. The lowest BCUT2D eigenvalue weighted by atomic mass is 10.1. The molecule has 0 fully saturated rings. The van der Waals surface area contributed by atoms with Crippen LogP contribution in [0.3, 0.4) is 0 Å². The standard InChI is InChI=1S/C16H21NO5S/c1-3-22-15-5-4-12(2)10-16(15)23(19,20)17-8-6-14(18)13-7-9-21-11-13/h4-5,7,9-11,14,17-18H,3,6,8H2,1-2H3. The van der Waals surface area contributed by atoms with Gasteiger partial charge in [-0.05, 0) is 44.0 Å². The van der Waals surface area contributed by atoms with E-state index in [9.17, 15) is 13.5 Å². The molecule has 7 heteroatoms. The Balaban J connectivity index is 2.05. The van der Waals surface area contributed by atoms with Crippen molar-refractivity contribution in [2.24, 2.45) is 0 Å². The van der Waals surface area contributed by atoms with E-state index in [0.29, 0.717) is 17.9 Å². The summed E-state index contributed by atoms with van der Waals surface area (Å²) in [6.07, 6.45) is 2.37. The first-order valence-corrected chi connectivity index (χ1v) is 8.85. The highest BCUT2D eigenvalue weighted by Gasteiger charge is 2.20. The molecule has 0 bridgehead atoms. The van der Waals surface area contributed by atoms with Crippen molar-refractivity contribution in [3.8, 4) is 5.75 Å². The molecule has 0 aliphatic rings. The monoisotopic (exact) mass is 339 g/mol. The van der Waals surface area contributed by atoms with E-state index in [2.05, 4.69) is 4.72 Å². The maximum absolute atomic E-state index is 12.5. The fraction of sp³-hybridized carbons (Fsp3) is 0.375. The van der Waals surface area contributed by atoms with Crippen LogP contribution in [0.1, 0.15) is 30.6 Å². The van der Waals surface area contributed by atoms with Crippen LogP contribution in [0, 0.1) is 6.92 Å². The van der Waals surface area contributed by atoms with E-state index in [1.165, 1.54) is 12.5 Å². The van der Waals surface area contributed by atoms with Crippen LogP contribution in [0.25, 0.3) is 0 Å². The molecule has 2 rings (SSSR count). The molecule has 1 aromatic heterocycles. The Morgan fingerprint density at radius 3 is 2.78 bits per heavy atom. The molecule has 1 unspecified atom stereocenters. The molecule has 0 radical (unpaired) electrons. The molecule has 1 aromatic carbocycles. The van der Waals surface area contributed by atoms with Gasteiger partial charge >= 0.3 is 0 Å². The van der Waals surface area contributed by atoms with E-state index >= 15 is 0 Å². The summed E-state index contributed by atoms with van der Waals surface area (Å²) >= 11 is 0. The van der Waals surface area contributed by atoms with E-state index < -0.39 is 16.1 Å². The first-order valence-electron chi connectivity index (χ1n) is 7.37. The molecule has 2 aromatic rings. The van der Waals surface area contributed by atoms with Crippen LogP contribution in [0.4, 0.5) is 0 Å². The zero-order valence-electron chi connectivity index (χ0n) is 13.2. The Morgan fingerprint density at radius 1 is 1.35 bits per heavy atom. The van der Waals surface area contributed by atoms with Crippen molar-refractivity contribution in [1.29, 1.82) is 0 Å². The van der Waals surface area contributed by atoms with Gasteiger partial charge in [0.05, 0.1) is 25.2 Å². The van der Waals surface area contributed by atoms with Gasteiger partial charge in [0.15, 0.2) is 0 Å². The summed E-state index contributed by atoms with van der Waals surface area (Å²) in [5, 5.41) is 9.94. The number of rotatable bonds is 8. The predicted octanol–water partition coefficient (Wildman–Crippen LogP) is 2.39. The smallest absolute Gasteiger partial charge is 0.244 e. The number of ether oxygens (including phenoxy) is 1. The van der Waals surface area contributed by atoms with Gasteiger partial charge in [0, 0.05) is 12.1 Å². The quantitative estimate of drug-likeness (QED) is 0.771. The third kappa shape index (κ3) is 4.57. The minimum atomic E-state index is -3.71. The summed E-state index contributed by atoms with van der Waals surface area (Å²) in [6.45, 7) is 4.10. The summed E-state index contributed by atoms with van der Waals surface area (Å²) in [7, 11) is -3.71. The van der Waals surface area contributed by atoms with E-state index in [0.717, 1.165) is 5.56 Å². The molecule has 126 valence electrons. The average molecular weight is 339 g/mol. The molecule has 1 heterocycles. The first kappa shape index (κ1) is 17.5. The number of sulfonamides is 1. The van der Waals surface area contributed by atoms with Gasteiger partial charge < -0.3 is 14.3 Å². The normalized spacial score (nSPS) is 13.0. The zero-order chi connectivity index (χ0) is 16.9. The van der Waals surface area contributed by atoms with Gasteiger partial charge in [-0.25, -0.2) is 13.1 Å². The van der Waals surface area contributed by atoms with Crippen LogP contribution in [0.5, 0.6) is 5.75 Å². The molecular formula is C16H21NO5S. The number of aliphatic hydroxyl groups excluding tert-OH is 1. The Morgan fingerprint density at radius 2 is 2.13 bits per heavy atom. The molecule has 0 aliphatic carbocycles. The molecule has 2 N–H and O–H groups in total. The van der Waals surface area contributed by atoms with Crippen LogP contribution in [-0.4, -0.2) is 26.7 Å². The zero-order valence-corrected chi connectivity index (χ0v) is 14.0. The largest absolute Gasteiger partial charge is 0.492 e. The molecule has 0 saturated carbocycles. The van der Waals surface area contributed by atoms with Gasteiger partial charge in [0.1, 0.15) is 10.6 Å². The van der Waals surface area contributed by atoms with Crippen LogP contribution < -0.4 is 9.46 Å². The minimum absolute atomic E-state index is 0.105. The molecule has 1 atom stereocenters. The highest BCUT2D eigenvalue weighted by Crippen LogP contribution is 2.25. The first-order chi connectivity index (χ1) is 10.9. The highest BCUT2D eigenvalue weighted by molar-refractivity contribution is 7.89. The second kappa shape index (κ2) is 7.63. The van der Waals surface area contributed by atoms with Crippen LogP contribution in [-0.2, 0) is 10.0 Å². The van der Waals surface area contributed by atoms with E-state index in [1.807, 2.05) is 6.92 Å². The van der Waals surface area contributed by atoms with Crippen molar-refractivity contribution in [3.05, 3.63) is 47.9 Å². The molecule has 6 nitrogen and oxygen atoms in total. The van der Waals surface area contributed by atoms with Gasteiger partial charge in [-0.15, -0.1) is 0 Å². The summed E-state index contributed by atoms with van der Waals surface area (Å²) in [5.74, 6) is 0.320. The number of benzene rings is 1. The molecule has 23 heavy (non-hydrogen) atoms. The third-order valence-corrected chi connectivity index (χ3v) is 4.81. The number of nitrogens with one attached hydrogen (secondary N) is 1. The van der Waals surface area contributed by atoms with Crippen molar-refractivity contribution in [2.45, 2.75) is 31.3 Å². The third-order valence-electron chi connectivity index (χ3n) is 3.33. The summed E-state index contributed by atoms with van der Waals surface area (Å²) < 4.78 is 37.7. The lowest BCUT2D eigenvalue weighted by Gasteiger charge is -2.13. The Kier molecular flexibility index (Phi) is 5.81. The molecule has 0 aliphatic heterocycles. The topological polar surface area (TPSA) is 88.8 Å². The average Bonchev–Trinajstić information content (AvgIpc) is 3.03. The van der Waals surface area contributed by atoms with E-state index in [1.54, 1.807) is 31.2 Å². The van der Waals surface area contributed by atoms with Gasteiger partial charge in [0.2, 0.25) is 10.0 Å². The van der Waals surface area contributed by atoms with Crippen LogP contribution in [0.2, 0.25) is 0 Å². The van der Waals surface area contributed by atoms with Crippen molar-refractivity contribution in [3.63, 3.8) is 0 Å². The number of hydrogen-bond acceptors (Lipinski definition) is 5. The second-order valence-corrected chi connectivity index (χ2v) is 6.88. The fourth-order valence-corrected chi connectivity index (χ4v) is 3.41.